The summed E-state index contributed by atoms with van der Waals surface area (Å²) < 4.78 is 11.6. The van der Waals surface area contributed by atoms with Gasteiger partial charge in [-0.05, 0) is 43.1 Å². The smallest absolute Gasteiger partial charge is 0.166 e. The fraction of sp³-hybridized carbons (Fsp3) is 0.368. The molecule has 0 aromatic heterocycles. The quantitative estimate of drug-likeness (QED) is 0.883. The third-order valence-corrected chi connectivity index (χ3v) is 4.66. The summed E-state index contributed by atoms with van der Waals surface area (Å²) in [7, 11) is 0. The van der Waals surface area contributed by atoms with Crippen LogP contribution in [0.4, 0.5) is 5.69 Å². The van der Waals surface area contributed by atoms with Gasteiger partial charge >= 0.3 is 0 Å². The Kier molecular flexibility index (Phi) is 3.83. The van der Waals surface area contributed by atoms with E-state index in [0.29, 0.717) is 19.3 Å². The van der Waals surface area contributed by atoms with Crippen LogP contribution in [0.25, 0.3) is 0 Å². The van der Waals surface area contributed by atoms with Gasteiger partial charge in [-0.3, -0.25) is 4.90 Å². The van der Waals surface area contributed by atoms with E-state index < -0.39 is 0 Å². The molecule has 2 aliphatic heterocycles. The van der Waals surface area contributed by atoms with E-state index in [-0.39, 0.29) is 0 Å². The van der Waals surface area contributed by atoms with Gasteiger partial charge in [0.15, 0.2) is 11.5 Å². The van der Waals surface area contributed by atoms with Crippen molar-refractivity contribution >= 4 is 5.69 Å². The zero-order valence-corrected chi connectivity index (χ0v) is 13.2. The molecule has 1 saturated heterocycles. The molecule has 1 unspecified atom stereocenters. The van der Waals surface area contributed by atoms with E-state index in [9.17, 15) is 0 Å². The Morgan fingerprint density at radius 1 is 1.09 bits per heavy atom. The molecule has 0 saturated carbocycles. The largest absolute Gasteiger partial charge is 0.486 e. The molecule has 0 amide bonds. The molecule has 1 atom stereocenters. The van der Waals surface area contributed by atoms with Crippen LogP contribution < -0.4 is 15.2 Å². The highest BCUT2D eigenvalue weighted by molar-refractivity contribution is 5.49. The predicted octanol–water partition coefficient (Wildman–Crippen LogP) is 3.38. The first-order valence-corrected chi connectivity index (χ1v) is 8.28. The van der Waals surface area contributed by atoms with Gasteiger partial charge in [-0.25, -0.2) is 0 Å². The fourth-order valence-corrected chi connectivity index (χ4v) is 3.65. The molecular formula is C19H22N2O2. The third kappa shape index (κ3) is 2.86. The number of anilines is 1. The Balaban J connectivity index is 1.61. The van der Waals surface area contributed by atoms with E-state index in [1.807, 2.05) is 18.2 Å². The first kappa shape index (κ1) is 14.4. The molecule has 4 heteroatoms. The highest BCUT2D eigenvalue weighted by atomic mass is 16.6. The number of nitrogens with zero attached hydrogens (tertiary/aromatic N) is 1. The molecule has 0 radical (unpaired) electrons. The predicted molar refractivity (Wildman–Crippen MR) is 90.7 cm³/mol. The van der Waals surface area contributed by atoms with Crippen LogP contribution in [0.3, 0.4) is 0 Å². The van der Waals surface area contributed by atoms with E-state index in [0.717, 1.165) is 36.7 Å². The second-order valence-corrected chi connectivity index (χ2v) is 6.24. The molecule has 23 heavy (non-hydrogen) atoms. The molecule has 4 nitrogen and oxygen atoms in total. The molecule has 120 valence electrons. The number of hydrogen-bond acceptors (Lipinski definition) is 4. The Hall–Kier alpha value is -2.20. The molecule has 0 bridgehead atoms. The van der Waals surface area contributed by atoms with Gasteiger partial charge in [0.25, 0.3) is 0 Å². The van der Waals surface area contributed by atoms with Crippen LogP contribution in [0.2, 0.25) is 0 Å². The molecule has 0 spiro atoms. The van der Waals surface area contributed by atoms with Crippen LogP contribution in [-0.4, -0.2) is 24.7 Å². The Morgan fingerprint density at radius 3 is 2.87 bits per heavy atom. The number of para-hydroxylation sites is 1. The molecular weight excluding hydrogens is 288 g/mol. The first-order valence-electron chi connectivity index (χ1n) is 8.28. The van der Waals surface area contributed by atoms with Crippen molar-refractivity contribution in [2.45, 2.75) is 25.4 Å². The van der Waals surface area contributed by atoms with Crippen LogP contribution in [-0.2, 0) is 6.54 Å². The van der Waals surface area contributed by atoms with Crippen molar-refractivity contribution < 1.29 is 9.47 Å². The second-order valence-electron chi connectivity index (χ2n) is 6.24. The highest BCUT2D eigenvalue weighted by Gasteiger charge is 2.30. The average Bonchev–Trinajstić information content (AvgIpc) is 3.02. The minimum atomic E-state index is 0.382. The normalized spacial score (nSPS) is 20.6. The van der Waals surface area contributed by atoms with Crippen molar-refractivity contribution in [2.75, 3.05) is 25.5 Å². The van der Waals surface area contributed by atoms with Crippen LogP contribution in [0.1, 0.15) is 30.0 Å². The van der Waals surface area contributed by atoms with Crippen LogP contribution in [0.5, 0.6) is 11.5 Å². The first-order chi connectivity index (χ1) is 11.3. The molecule has 2 N–H and O–H groups in total. The maximum atomic E-state index is 5.91. The van der Waals surface area contributed by atoms with Crippen LogP contribution in [0, 0.1) is 0 Å². The summed E-state index contributed by atoms with van der Waals surface area (Å²) in [4.78, 5) is 2.52. The summed E-state index contributed by atoms with van der Waals surface area (Å²) in [6, 6.07) is 14.8. The summed E-state index contributed by atoms with van der Waals surface area (Å²) in [5.41, 5.74) is 9.26. The van der Waals surface area contributed by atoms with Gasteiger partial charge in [-0.15, -0.1) is 0 Å². The maximum absolute atomic E-state index is 5.91. The van der Waals surface area contributed by atoms with Crippen molar-refractivity contribution in [3.8, 4) is 11.5 Å². The molecule has 2 aromatic carbocycles. The molecule has 2 heterocycles. The number of benzene rings is 2. The van der Waals surface area contributed by atoms with Gasteiger partial charge in [0.1, 0.15) is 13.2 Å². The lowest BCUT2D eigenvalue weighted by Gasteiger charge is -2.29. The standard InChI is InChI=1S/C19H22N2O2/c20-15-5-1-4-14(12-15)13-21-9-3-7-17(21)16-6-2-8-18-19(16)23-11-10-22-18/h1-2,4-6,8,12,17H,3,7,9-11,13,20H2. The molecule has 2 aliphatic rings. The second kappa shape index (κ2) is 6.13. The Bertz CT molecular complexity index is 702. The van der Waals surface area contributed by atoms with Crippen molar-refractivity contribution in [3.05, 3.63) is 53.6 Å². The van der Waals surface area contributed by atoms with Crippen molar-refractivity contribution in [3.63, 3.8) is 0 Å². The SMILES string of the molecule is Nc1cccc(CN2CCCC2c2cccc3c2OCCO3)c1. The van der Waals surface area contributed by atoms with E-state index in [2.05, 4.69) is 29.2 Å². The van der Waals surface area contributed by atoms with E-state index in [1.54, 1.807) is 0 Å². The lowest BCUT2D eigenvalue weighted by Crippen LogP contribution is -2.24. The van der Waals surface area contributed by atoms with Crippen molar-refractivity contribution in [2.24, 2.45) is 0 Å². The van der Waals surface area contributed by atoms with Gasteiger partial charge in [0.05, 0.1) is 0 Å². The lowest BCUT2D eigenvalue weighted by molar-refractivity contribution is 0.163. The molecule has 0 aliphatic carbocycles. The van der Waals surface area contributed by atoms with Crippen LogP contribution in [0.15, 0.2) is 42.5 Å². The van der Waals surface area contributed by atoms with Gasteiger partial charge in [-0.2, -0.15) is 0 Å². The maximum Gasteiger partial charge on any atom is 0.166 e. The van der Waals surface area contributed by atoms with Crippen molar-refractivity contribution in [1.82, 2.24) is 4.90 Å². The average molecular weight is 310 g/mol. The van der Waals surface area contributed by atoms with Gasteiger partial charge in [0.2, 0.25) is 0 Å². The van der Waals surface area contributed by atoms with E-state index in [1.165, 1.54) is 17.5 Å². The number of nitrogens with two attached hydrogens (primary N) is 1. The molecule has 4 rings (SSSR count). The number of rotatable bonds is 3. The zero-order chi connectivity index (χ0) is 15.6. The number of hydrogen-bond donors (Lipinski definition) is 1. The summed E-state index contributed by atoms with van der Waals surface area (Å²) in [6.45, 7) is 3.28. The molecule has 1 fully saturated rings. The van der Waals surface area contributed by atoms with E-state index in [4.69, 9.17) is 15.2 Å². The molecule has 2 aromatic rings. The topological polar surface area (TPSA) is 47.7 Å². The minimum absolute atomic E-state index is 0.382. The lowest BCUT2D eigenvalue weighted by atomic mass is 10.0. The Labute approximate surface area is 136 Å². The summed E-state index contributed by atoms with van der Waals surface area (Å²) in [5.74, 6) is 1.81. The summed E-state index contributed by atoms with van der Waals surface area (Å²) in [5, 5.41) is 0. The number of likely N-dealkylation sites (tertiary alicyclic amines) is 1. The van der Waals surface area contributed by atoms with Gasteiger partial charge in [0, 0.05) is 23.8 Å². The monoisotopic (exact) mass is 310 g/mol. The number of fused-ring (bicyclic) bond motifs is 1. The summed E-state index contributed by atoms with van der Waals surface area (Å²) in [6.07, 6.45) is 2.36. The zero-order valence-electron chi connectivity index (χ0n) is 13.2. The van der Waals surface area contributed by atoms with Crippen molar-refractivity contribution in [1.29, 1.82) is 0 Å². The third-order valence-electron chi connectivity index (χ3n) is 4.66. The highest BCUT2D eigenvalue weighted by Crippen LogP contribution is 2.43. The summed E-state index contributed by atoms with van der Waals surface area (Å²) >= 11 is 0. The minimum Gasteiger partial charge on any atom is -0.486 e. The fourth-order valence-electron chi connectivity index (χ4n) is 3.65. The number of nitrogen functional groups attached to an aromatic ring is 1. The van der Waals surface area contributed by atoms with Gasteiger partial charge in [-0.1, -0.05) is 24.3 Å². The van der Waals surface area contributed by atoms with E-state index >= 15 is 0 Å². The van der Waals surface area contributed by atoms with Crippen LogP contribution >= 0.6 is 0 Å². The Morgan fingerprint density at radius 2 is 1.96 bits per heavy atom. The van der Waals surface area contributed by atoms with Gasteiger partial charge < -0.3 is 15.2 Å². The number of ether oxygens (including phenoxy) is 2.